The van der Waals surface area contributed by atoms with Crippen LogP contribution in [-0.2, 0) is 11.2 Å². The van der Waals surface area contributed by atoms with E-state index in [0.717, 1.165) is 22.3 Å². The molecule has 0 unspecified atom stereocenters. The monoisotopic (exact) mass is 283 g/mol. The lowest BCUT2D eigenvalue weighted by Gasteiger charge is -2.09. The second kappa shape index (κ2) is 6.09. The van der Waals surface area contributed by atoms with E-state index in [1.165, 1.54) is 6.08 Å². The van der Waals surface area contributed by atoms with Crippen molar-refractivity contribution in [3.05, 3.63) is 35.7 Å². The lowest BCUT2D eigenvalue weighted by Crippen LogP contribution is -2.12. The van der Waals surface area contributed by atoms with Crippen molar-refractivity contribution in [2.75, 3.05) is 5.32 Å². The van der Waals surface area contributed by atoms with E-state index in [0.29, 0.717) is 12.5 Å². The molecule has 6 nitrogen and oxygen atoms in total. The quantitative estimate of drug-likeness (QED) is 0.575. The molecule has 2 heterocycles. The predicted molar refractivity (Wildman–Crippen MR) is 81.4 cm³/mol. The highest BCUT2D eigenvalue weighted by atomic mass is 16.1. The summed E-state index contributed by atoms with van der Waals surface area (Å²) in [5.41, 5.74) is 7.74. The standard InChI is InChI=1S/C15H17N5O/c1-9(2)20-12-5-13-11(7-18-15(13)19-8-12)4-3-10(6-16)14(17)21/h3,5,7-9,20H,4H2,1-2H3,(H2,17,21)(H,18,19)/b10-3+. The maximum Gasteiger partial charge on any atom is 0.259 e. The minimum absolute atomic E-state index is 0.0335. The van der Waals surface area contributed by atoms with E-state index in [4.69, 9.17) is 11.0 Å². The Morgan fingerprint density at radius 1 is 1.62 bits per heavy atom. The van der Waals surface area contributed by atoms with Gasteiger partial charge in [0.1, 0.15) is 17.3 Å². The molecule has 0 atom stereocenters. The van der Waals surface area contributed by atoms with Crippen LogP contribution in [0.1, 0.15) is 19.4 Å². The molecule has 0 saturated heterocycles. The lowest BCUT2D eigenvalue weighted by molar-refractivity contribution is -0.114. The predicted octanol–water partition coefficient (Wildman–Crippen LogP) is 1.86. The summed E-state index contributed by atoms with van der Waals surface area (Å²) in [5, 5.41) is 13.1. The average molecular weight is 283 g/mol. The van der Waals surface area contributed by atoms with Gasteiger partial charge in [-0.05, 0) is 31.9 Å². The van der Waals surface area contributed by atoms with Crippen LogP contribution in [0.3, 0.4) is 0 Å². The van der Waals surface area contributed by atoms with Crippen LogP contribution in [0.15, 0.2) is 30.1 Å². The third-order valence-corrected chi connectivity index (χ3v) is 2.98. The average Bonchev–Trinajstić information content (AvgIpc) is 2.81. The summed E-state index contributed by atoms with van der Waals surface area (Å²) < 4.78 is 0. The van der Waals surface area contributed by atoms with Gasteiger partial charge in [-0.15, -0.1) is 0 Å². The molecule has 108 valence electrons. The van der Waals surface area contributed by atoms with Crippen LogP contribution < -0.4 is 11.1 Å². The third-order valence-electron chi connectivity index (χ3n) is 2.98. The molecule has 0 radical (unpaired) electrons. The number of primary amides is 1. The van der Waals surface area contributed by atoms with E-state index in [9.17, 15) is 4.79 Å². The highest BCUT2D eigenvalue weighted by Crippen LogP contribution is 2.21. The molecule has 0 aromatic carbocycles. The highest BCUT2D eigenvalue weighted by Gasteiger charge is 2.08. The minimum Gasteiger partial charge on any atom is -0.382 e. The van der Waals surface area contributed by atoms with E-state index < -0.39 is 5.91 Å². The Hall–Kier alpha value is -2.81. The fourth-order valence-electron chi connectivity index (χ4n) is 2.05. The largest absolute Gasteiger partial charge is 0.382 e. The Morgan fingerprint density at radius 3 is 3.00 bits per heavy atom. The zero-order valence-corrected chi connectivity index (χ0v) is 12.0. The number of carbonyl (C=O) groups is 1. The first-order valence-corrected chi connectivity index (χ1v) is 6.64. The van der Waals surface area contributed by atoms with E-state index >= 15 is 0 Å². The van der Waals surface area contributed by atoms with Crippen LogP contribution >= 0.6 is 0 Å². The van der Waals surface area contributed by atoms with Gasteiger partial charge in [-0.1, -0.05) is 6.08 Å². The van der Waals surface area contributed by atoms with Gasteiger partial charge in [-0.2, -0.15) is 5.26 Å². The Morgan fingerprint density at radius 2 is 2.38 bits per heavy atom. The van der Waals surface area contributed by atoms with E-state index in [1.807, 2.05) is 12.3 Å². The second-order valence-electron chi connectivity index (χ2n) is 5.03. The molecule has 0 fully saturated rings. The molecule has 0 aliphatic heterocycles. The Balaban J connectivity index is 2.32. The van der Waals surface area contributed by atoms with Crippen molar-refractivity contribution in [2.45, 2.75) is 26.3 Å². The van der Waals surface area contributed by atoms with Gasteiger partial charge < -0.3 is 16.0 Å². The molecule has 0 aliphatic carbocycles. The molecular weight excluding hydrogens is 266 g/mol. The number of hydrogen-bond acceptors (Lipinski definition) is 4. The number of rotatable bonds is 5. The fraction of sp³-hybridized carbons (Fsp3) is 0.267. The zero-order chi connectivity index (χ0) is 15.4. The summed E-state index contributed by atoms with van der Waals surface area (Å²) >= 11 is 0. The maximum atomic E-state index is 11.0. The number of hydrogen-bond donors (Lipinski definition) is 3. The normalized spacial score (nSPS) is 11.6. The second-order valence-corrected chi connectivity index (χ2v) is 5.03. The first-order valence-electron chi connectivity index (χ1n) is 6.64. The summed E-state index contributed by atoms with van der Waals surface area (Å²) in [6.07, 6.45) is 5.57. The summed E-state index contributed by atoms with van der Waals surface area (Å²) in [4.78, 5) is 18.4. The van der Waals surface area contributed by atoms with Crippen LogP contribution in [0, 0.1) is 11.3 Å². The number of anilines is 1. The van der Waals surface area contributed by atoms with Crippen LogP contribution in [0.4, 0.5) is 5.69 Å². The first-order chi connectivity index (χ1) is 10.0. The molecule has 0 bridgehead atoms. The molecule has 0 spiro atoms. The van der Waals surface area contributed by atoms with Crippen LogP contribution in [0.2, 0.25) is 0 Å². The van der Waals surface area contributed by atoms with Gasteiger partial charge in [0, 0.05) is 17.6 Å². The van der Waals surface area contributed by atoms with Crippen molar-refractivity contribution >= 4 is 22.6 Å². The van der Waals surface area contributed by atoms with Crippen molar-refractivity contribution < 1.29 is 4.79 Å². The van der Waals surface area contributed by atoms with Crippen molar-refractivity contribution in [2.24, 2.45) is 5.73 Å². The Labute approximate surface area is 122 Å². The number of nitriles is 1. The number of fused-ring (bicyclic) bond motifs is 1. The molecule has 6 heteroatoms. The molecule has 0 saturated carbocycles. The van der Waals surface area contributed by atoms with Gasteiger partial charge in [-0.3, -0.25) is 4.79 Å². The number of aromatic nitrogens is 2. The molecular formula is C15H17N5O. The van der Waals surface area contributed by atoms with Gasteiger partial charge in [0.15, 0.2) is 0 Å². The van der Waals surface area contributed by atoms with E-state index in [-0.39, 0.29) is 5.57 Å². The zero-order valence-electron chi connectivity index (χ0n) is 12.0. The van der Waals surface area contributed by atoms with Crippen molar-refractivity contribution in [1.82, 2.24) is 9.97 Å². The lowest BCUT2D eigenvalue weighted by atomic mass is 10.1. The summed E-state index contributed by atoms with van der Waals surface area (Å²) in [6, 6.07) is 4.11. The number of amides is 1. The van der Waals surface area contributed by atoms with Gasteiger partial charge >= 0.3 is 0 Å². The first kappa shape index (κ1) is 14.6. The topological polar surface area (TPSA) is 108 Å². The number of nitrogens with one attached hydrogen (secondary N) is 2. The molecule has 4 N–H and O–H groups in total. The highest BCUT2D eigenvalue weighted by molar-refractivity contribution is 5.96. The fourth-order valence-corrected chi connectivity index (χ4v) is 2.05. The van der Waals surface area contributed by atoms with Gasteiger partial charge in [0.25, 0.3) is 5.91 Å². The molecule has 21 heavy (non-hydrogen) atoms. The molecule has 0 aliphatic rings. The molecule has 2 rings (SSSR count). The third kappa shape index (κ3) is 3.39. The van der Waals surface area contributed by atoms with E-state index in [1.54, 1.807) is 12.3 Å². The number of H-pyrrole nitrogens is 1. The molecule has 2 aromatic rings. The van der Waals surface area contributed by atoms with Gasteiger partial charge in [0.2, 0.25) is 0 Å². The SMILES string of the molecule is CC(C)Nc1cnc2[nH]cc(C/C=C(\C#N)C(N)=O)c2c1. The number of aromatic amines is 1. The number of nitrogens with zero attached hydrogens (tertiary/aromatic N) is 2. The summed E-state index contributed by atoms with van der Waals surface area (Å²) in [7, 11) is 0. The van der Waals surface area contributed by atoms with Crippen molar-refractivity contribution in [3.8, 4) is 6.07 Å². The number of carbonyl (C=O) groups excluding carboxylic acids is 1. The van der Waals surface area contributed by atoms with Gasteiger partial charge in [0.05, 0.1) is 11.9 Å². The van der Waals surface area contributed by atoms with Crippen LogP contribution in [-0.4, -0.2) is 21.9 Å². The number of allylic oxidation sites excluding steroid dienone is 1. The van der Waals surface area contributed by atoms with Crippen molar-refractivity contribution in [3.63, 3.8) is 0 Å². The minimum atomic E-state index is -0.711. The molecule has 1 amide bonds. The smallest absolute Gasteiger partial charge is 0.259 e. The van der Waals surface area contributed by atoms with Gasteiger partial charge in [-0.25, -0.2) is 4.98 Å². The van der Waals surface area contributed by atoms with Crippen LogP contribution in [0.5, 0.6) is 0 Å². The Kier molecular flexibility index (Phi) is 4.24. The number of pyridine rings is 1. The van der Waals surface area contributed by atoms with Crippen molar-refractivity contribution in [1.29, 1.82) is 5.26 Å². The van der Waals surface area contributed by atoms with E-state index in [2.05, 4.69) is 29.1 Å². The molecule has 2 aromatic heterocycles. The number of nitrogens with two attached hydrogens (primary N) is 1. The summed E-state index contributed by atoms with van der Waals surface area (Å²) in [6.45, 7) is 4.11. The Bertz CT molecular complexity index is 736. The summed E-state index contributed by atoms with van der Waals surface area (Å²) in [5.74, 6) is -0.711. The maximum absolute atomic E-state index is 11.0. The van der Waals surface area contributed by atoms with Crippen LogP contribution in [0.25, 0.3) is 11.0 Å².